The summed E-state index contributed by atoms with van der Waals surface area (Å²) < 4.78 is 36.8. The Balaban J connectivity index is 3.02. The van der Waals surface area contributed by atoms with E-state index in [1.807, 2.05) is 0 Å². The molecule has 1 aromatic heterocycles. The van der Waals surface area contributed by atoms with Crippen LogP contribution in [0.3, 0.4) is 0 Å². The molecule has 0 aliphatic carbocycles. The van der Waals surface area contributed by atoms with Crippen LogP contribution in [0.25, 0.3) is 0 Å². The number of halogens is 3. The van der Waals surface area contributed by atoms with E-state index < -0.39 is 24.4 Å². The van der Waals surface area contributed by atoms with E-state index in [9.17, 15) is 18.0 Å². The molecule has 5 nitrogen and oxygen atoms in total. The van der Waals surface area contributed by atoms with E-state index in [0.717, 1.165) is 0 Å². The topological polar surface area (TPSA) is 97.8 Å². The summed E-state index contributed by atoms with van der Waals surface area (Å²) in [7, 11) is 0. The van der Waals surface area contributed by atoms with E-state index in [-0.39, 0.29) is 12.4 Å². The first-order valence-electron chi connectivity index (χ1n) is 4.86. The van der Waals surface area contributed by atoms with Crippen LogP contribution < -0.4 is 11.5 Å². The third kappa shape index (κ3) is 3.45. The number of primary amides is 1. The number of carbonyl (C=O) groups is 1. The van der Waals surface area contributed by atoms with Crippen LogP contribution >= 0.6 is 0 Å². The Morgan fingerprint density at radius 1 is 1.53 bits per heavy atom. The Morgan fingerprint density at radius 2 is 2.12 bits per heavy atom. The molecule has 0 aliphatic heterocycles. The molecule has 96 valence electrons. The van der Waals surface area contributed by atoms with Crippen molar-refractivity contribution in [2.24, 2.45) is 11.5 Å². The predicted molar refractivity (Wildman–Crippen MR) is 53.8 cm³/mol. The molecule has 0 fully saturated rings. The first-order chi connectivity index (χ1) is 7.74. The summed E-state index contributed by atoms with van der Waals surface area (Å²) in [6.07, 6.45) is -5.82. The maximum Gasteiger partial charge on any atom is 0.390 e. The maximum absolute atomic E-state index is 12.3. The lowest BCUT2D eigenvalue weighted by Crippen LogP contribution is -2.27. The number of aromatic nitrogens is 2. The van der Waals surface area contributed by atoms with Gasteiger partial charge in [0.1, 0.15) is 11.7 Å². The van der Waals surface area contributed by atoms with Crippen LogP contribution in [0.15, 0.2) is 0 Å². The Kier molecular flexibility index (Phi) is 3.76. The number of nitrogens with zero attached hydrogens (tertiary/aromatic N) is 1. The van der Waals surface area contributed by atoms with Gasteiger partial charge in [-0.05, 0) is 6.92 Å². The van der Waals surface area contributed by atoms with Gasteiger partial charge in [0.15, 0.2) is 0 Å². The molecular weight excluding hydrogens is 237 g/mol. The van der Waals surface area contributed by atoms with Crippen molar-refractivity contribution in [3.8, 4) is 0 Å². The molecule has 17 heavy (non-hydrogen) atoms. The molecule has 1 aromatic rings. The Morgan fingerprint density at radius 3 is 2.47 bits per heavy atom. The zero-order valence-electron chi connectivity index (χ0n) is 9.14. The molecule has 1 unspecified atom stereocenters. The highest BCUT2D eigenvalue weighted by Gasteiger charge is 2.37. The second-order valence-electron chi connectivity index (χ2n) is 3.67. The first kappa shape index (κ1) is 13.5. The van der Waals surface area contributed by atoms with E-state index in [2.05, 4.69) is 9.97 Å². The van der Waals surface area contributed by atoms with Crippen LogP contribution in [0.1, 0.15) is 29.6 Å². The summed E-state index contributed by atoms with van der Waals surface area (Å²) >= 11 is 0. The van der Waals surface area contributed by atoms with Crippen LogP contribution in [0, 0.1) is 6.92 Å². The highest BCUT2D eigenvalue weighted by Crippen LogP contribution is 2.30. The number of hydrogen-bond donors (Lipinski definition) is 3. The number of alkyl halides is 3. The number of amides is 1. The molecule has 5 N–H and O–H groups in total. The Hall–Kier alpha value is -1.57. The molecule has 1 rings (SSSR count). The summed E-state index contributed by atoms with van der Waals surface area (Å²) in [5.41, 5.74) is 11.3. The fourth-order valence-electron chi connectivity index (χ4n) is 1.45. The standard InChI is InChI=1S/C9H13F3N4O/c1-4-6(3-13)16-8(15-4)5(7(14)17)2-9(10,11)12/h5H,2-3,13H2,1H3,(H2,14,17)(H,15,16). The number of H-pyrrole nitrogens is 1. The number of nitrogens with one attached hydrogen (secondary N) is 1. The first-order valence-corrected chi connectivity index (χ1v) is 4.86. The molecule has 0 bridgehead atoms. The summed E-state index contributed by atoms with van der Waals surface area (Å²) in [5.74, 6) is -2.67. The van der Waals surface area contributed by atoms with Gasteiger partial charge in [-0.2, -0.15) is 13.2 Å². The summed E-state index contributed by atoms with van der Waals surface area (Å²) in [5, 5.41) is 0. The number of aromatic amines is 1. The van der Waals surface area contributed by atoms with Gasteiger partial charge in [-0.25, -0.2) is 4.98 Å². The number of aryl methyl sites for hydroxylation is 1. The average molecular weight is 250 g/mol. The number of imidazole rings is 1. The van der Waals surface area contributed by atoms with Crippen molar-refractivity contribution in [3.05, 3.63) is 17.2 Å². The Bertz CT molecular complexity index is 413. The number of carbonyl (C=O) groups excluding carboxylic acids is 1. The summed E-state index contributed by atoms with van der Waals surface area (Å²) in [4.78, 5) is 17.5. The molecule has 1 heterocycles. The van der Waals surface area contributed by atoms with Crippen molar-refractivity contribution in [3.63, 3.8) is 0 Å². The molecule has 0 saturated heterocycles. The van der Waals surface area contributed by atoms with Gasteiger partial charge in [-0.1, -0.05) is 0 Å². The van der Waals surface area contributed by atoms with Gasteiger partial charge in [0, 0.05) is 12.2 Å². The van der Waals surface area contributed by atoms with E-state index in [1.54, 1.807) is 6.92 Å². The molecular formula is C9H13F3N4O. The summed E-state index contributed by atoms with van der Waals surface area (Å²) in [6, 6.07) is 0. The normalized spacial score (nSPS) is 13.7. The van der Waals surface area contributed by atoms with Crippen molar-refractivity contribution in [1.82, 2.24) is 9.97 Å². The molecule has 0 radical (unpaired) electrons. The van der Waals surface area contributed by atoms with Crippen LogP contribution in [0.2, 0.25) is 0 Å². The van der Waals surface area contributed by atoms with Crippen LogP contribution in [-0.4, -0.2) is 22.1 Å². The zero-order valence-corrected chi connectivity index (χ0v) is 9.14. The molecule has 0 spiro atoms. The minimum atomic E-state index is -4.48. The quantitative estimate of drug-likeness (QED) is 0.733. The van der Waals surface area contributed by atoms with Crippen molar-refractivity contribution < 1.29 is 18.0 Å². The molecule has 0 aromatic carbocycles. The fourth-order valence-corrected chi connectivity index (χ4v) is 1.45. The average Bonchev–Trinajstić information content (AvgIpc) is 2.54. The lowest BCUT2D eigenvalue weighted by atomic mass is 10.0. The number of nitrogens with two attached hydrogens (primary N) is 2. The van der Waals surface area contributed by atoms with E-state index in [0.29, 0.717) is 11.4 Å². The van der Waals surface area contributed by atoms with E-state index in [4.69, 9.17) is 11.5 Å². The van der Waals surface area contributed by atoms with Gasteiger partial charge in [0.2, 0.25) is 5.91 Å². The van der Waals surface area contributed by atoms with Gasteiger partial charge in [-0.15, -0.1) is 0 Å². The molecule has 1 amide bonds. The van der Waals surface area contributed by atoms with Crippen molar-refractivity contribution in [2.75, 3.05) is 0 Å². The van der Waals surface area contributed by atoms with Gasteiger partial charge in [-0.3, -0.25) is 4.79 Å². The second-order valence-corrected chi connectivity index (χ2v) is 3.67. The maximum atomic E-state index is 12.3. The number of rotatable bonds is 4. The molecule has 8 heteroatoms. The van der Waals surface area contributed by atoms with Gasteiger partial charge in [0.25, 0.3) is 0 Å². The van der Waals surface area contributed by atoms with E-state index >= 15 is 0 Å². The third-order valence-electron chi connectivity index (χ3n) is 2.31. The van der Waals surface area contributed by atoms with E-state index in [1.165, 1.54) is 0 Å². The summed E-state index contributed by atoms with van der Waals surface area (Å²) in [6.45, 7) is 1.70. The lowest BCUT2D eigenvalue weighted by molar-refractivity contribution is -0.147. The highest BCUT2D eigenvalue weighted by molar-refractivity contribution is 5.81. The highest BCUT2D eigenvalue weighted by atomic mass is 19.4. The van der Waals surface area contributed by atoms with Gasteiger partial charge in [0.05, 0.1) is 12.1 Å². The smallest absolute Gasteiger partial charge is 0.369 e. The van der Waals surface area contributed by atoms with Crippen LogP contribution in [-0.2, 0) is 11.3 Å². The van der Waals surface area contributed by atoms with Crippen LogP contribution in [0.5, 0.6) is 0 Å². The fraction of sp³-hybridized carbons (Fsp3) is 0.556. The minimum absolute atomic E-state index is 0.0832. The minimum Gasteiger partial charge on any atom is -0.369 e. The van der Waals surface area contributed by atoms with Crippen molar-refractivity contribution >= 4 is 5.91 Å². The predicted octanol–water partition coefficient (Wildman–Crippen LogP) is 0.698. The zero-order chi connectivity index (χ0) is 13.2. The van der Waals surface area contributed by atoms with Gasteiger partial charge < -0.3 is 16.5 Å². The molecule has 0 saturated carbocycles. The SMILES string of the molecule is Cc1[nH]c(C(CC(F)(F)F)C(N)=O)nc1CN. The molecule has 0 aliphatic rings. The van der Waals surface area contributed by atoms with Crippen molar-refractivity contribution in [2.45, 2.75) is 32.0 Å². The van der Waals surface area contributed by atoms with Crippen molar-refractivity contribution in [1.29, 1.82) is 0 Å². The lowest BCUT2D eigenvalue weighted by Gasteiger charge is -2.13. The second kappa shape index (κ2) is 4.74. The Labute approximate surface area is 95.4 Å². The third-order valence-corrected chi connectivity index (χ3v) is 2.31. The van der Waals surface area contributed by atoms with Gasteiger partial charge >= 0.3 is 6.18 Å². The number of hydrogen-bond acceptors (Lipinski definition) is 3. The monoisotopic (exact) mass is 250 g/mol. The molecule has 1 atom stereocenters. The largest absolute Gasteiger partial charge is 0.390 e. The van der Waals surface area contributed by atoms with Crippen LogP contribution in [0.4, 0.5) is 13.2 Å².